The summed E-state index contributed by atoms with van der Waals surface area (Å²) in [5, 5.41) is 11.7. The number of hydrogen-bond donors (Lipinski definition) is 2. The Hall–Kier alpha value is -2.02. The molecule has 0 aromatic heterocycles. The van der Waals surface area contributed by atoms with Crippen molar-refractivity contribution >= 4 is 5.91 Å². The van der Waals surface area contributed by atoms with Crippen LogP contribution in [0.2, 0.25) is 0 Å². The van der Waals surface area contributed by atoms with Crippen LogP contribution in [-0.4, -0.2) is 17.6 Å². The first-order chi connectivity index (χ1) is 7.58. The largest absolute Gasteiger partial charge is 0.508 e. The van der Waals surface area contributed by atoms with Crippen molar-refractivity contribution in [3.05, 3.63) is 29.6 Å². The summed E-state index contributed by atoms with van der Waals surface area (Å²) >= 11 is 0. The van der Waals surface area contributed by atoms with Gasteiger partial charge in [-0.25, -0.2) is 4.39 Å². The molecular weight excluding hydrogens is 209 g/mol. The van der Waals surface area contributed by atoms with E-state index in [-0.39, 0.29) is 11.7 Å². The molecule has 0 saturated carbocycles. The maximum absolute atomic E-state index is 12.8. The van der Waals surface area contributed by atoms with E-state index in [1.165, 1.54) is 19.1 Å². The summed E-state index contributed by atoms with van der Waals surface area (Å²) < 4.78 is 12.8. The monoisotopic (exact) mass is 221 g/mol. The van der Waals surface area contributed by atoms with Crippen LogP contribution < -0.4 is 5.32 Å². The number of phenols is 1. The third kappa shape index (κ3) is 4.47. The van der Waals surface area contributed by atoms with Crippen molar-refractivity contribution in [3.8, 4) is 17.6 Å². The molecule has 0 aliphatic carbocycles. The second-order valence-corrected chi connectivity index (χ2v) is 3.23. The molecule has 1 rings (SSSR count). The van der Waals surface area contributed by atoms with E-state index in [2.05, 4.69) is 17.2 Å². The SMILES string of the molecule is CC(=O)NCCC#Cc1cc(O)cc(F)c1. The van der Waals surface area contributed by atoms with E-state index >= 15 is 0 Å². The van der Waals surface area contributed by atoms with E-state index < -0.39 is 5.82 Å². The molecule has 1 aromatic carbocycles. The Balaban J connectivity index is 2.53. The van der Waals surface area contributed by atoms with Gasteiger partial charge in [0.15, 0.2) is 0 Å². The molecule has 1 aromatic rings. The third-order valence-electron chi connectivity index (χ3n) is 1.74. The highest BCUT2D eigenvalue weighted by Crippen LogP contribution is 2.13. The van der Waals surface area contributed by atoms with Crippen molar-refractivity contribution in [2.75, 3.05) is 6.54 Å². The van der Waals surface area contributed by atoms with Crippen LogP contribution in [0.15, 0.2) is 18.2 Å². The Labute approximate surface area is 93.3 Å². The van der Waals surface area contributed by atoms with Crippen LogP contribution in [0.4, 0.5) is 4.39 Å². The van der Waals surface area contributed by atoms with Crippen LogP contribution in [0.5, 0.6) is 5.75 Å². The fraction of sp³-hybridized carbons (Fsp3) is 0.250. The highest BCUT2D eigenvalue weighted by molar-refractivity contribution is 5.72. The minimum atomic E-state index is -0.522. The molecule has 0 fully saturated rings. The first-order valence-electron chi connectivity index (χ1n) is 4.81. The summed E-state index contributed by atoms with van der Waals surface area (Å²) in [5.74, 6) is 4.69. The van der Waals surface area contributed by atoms with E-state index in [4.69, 9.17) is 5.11 Å². The van der Waals surface area contributed by atoms with Crippen LogP contribution in [0, 0.1) is 17.7 Å². The molecule has 2 N–H and O–H groups in total. The summed E-state index contributed by atoms with van der Waals surface area (Å²) in [4.78, 5) is 10.5. The van der Waals surface area contributed by atoms with Gasteiger partial charge >= 0.3 is 0 Å². The lowest BCUT2D eigenvalue weighted by Crippen LogP contribution is -2.20. The molecule has 0 atom stereocenters. The van der Waals surface area contributed by atoms with E-state index in [0.29, 0.717) is 18.5 Å². The summed E-state index contributed by atoms with van der Waals surface area (Å²) in [6.07, 6.45) is 0.483. The van der Waals surface area contributed by atoms with Crippen LogP contribution in [0.1, 0.15) is 18.9 Å². The Bertz CT molecular complexity index is 426. The Morgan fingerprint density at radius 3 is 2.88 bits per heavy atom. The van der Waals surface area contributed by atoms with E-state index in [0.717, 1.165) is 6.07 Å². The van der Waals surface area contributed by atoms with E-state index in [1.807, 2.05) is 0 Å². The zero-order valence-electron chi connectivity index (χ0n) is 8.88. The van der Waals surface area contributed by atoms with Gasteiger partial charge < -0.3 is 10.4 Å². The summed E-state index contributed by atoms with van der Waals surface area (Å²) in [5.41, 5.74) is 0.417. The minimum absolute atomic E-state index is 0.106. The normalized spacial score (nSPS) is 9.12. The van der Waals surface area contributed by atoms with Crippen molar-refractivity contribution in [3.63, 3.8) is 0 Å². The van der Waals surface area contributed by atoms with Crippen molar-refractivity contribution in [1.29, 1.82) is 0 Å². The molecule has 0 unspecified atom stereocenters. The number of phenolic OH excluding ortho intramolecular Hbond substituents is 1. The first kappa shape index (κ1) is 12.1. The van der Waals surface area contributed by atoms with Gasteiger partial charge in [-0.3, -0.25) is 4.79 Å². The van der Waals surface area contributed by atoms with E-state index in [1.54, 1.807) is 0 Å². The molecule has 0 radical (unpaired) electrons. The second-order valence-electron chi connectivity index (χ2n) is 3.23. The van der Waals surface area contributed by atoms with Gasteiger partial charge in [0.05, 0.1) is 0 Å². The number of aromatic hydroxyl groups is 1. The zero-order chi connectivity index (χ0) is 12.0. The highest BCUT2D eigenvalue weighted by Gasteiger charge is 1.96. The maximum atomic E-state index is 12.8. The lowest BCUT2D eigenvalue weighted by atomic mass is 10.2. The van der Waals surface area contributed by atoms with Gasteiger partial charge in [-0.2, -0.15) is 0 Å². The fourth-order valence-corrected chi connectivity index (χ4v) is 1.11. The number of rotatable bonds is 2. The average molecular weight is 221 g/mol. The van der Waals surface area contributed by atoms with Crippen molar-refractivity contribution in [2.24, 2.45) is 0 Å². The topological polar surface area (TPSA) is 49.3 Å². The number of halogens is 1. The number of benzene rings is 1. The molecule has 16 heavy (non-hydrogen) atoms. The quantitative estimate of drug-likeness (QED) is 0.586. The first-order valence-corrected chi connectivity index (χ1v) is 4.81. The van der Waals surface area contributed by atoms with Gasteiger partial charge in [-0.1, -0.05) is 11.8 Å². The Morgan fingerprint density at radius 2 is 2.25 bits per heavy atom. The van der Waals surface area contributed by atoms with Crippen LogP contribution in [0.3, 0.4) is 0 Å². The predicted molar refractivity (Wildman–Crippen MR) is 58.2 cm³/mol. The highest BCUT2D eigenvalue weighted by atomic mass is 19.1. The van der Waals surface area contributed by atoms with Gasteiger partial charge in [0.1, 0.15) is 11.6 Å². The molecule has 0 aliphatic heterocycles. The van der Waals surface area contributed by atoms with Crippen LogP contribution >= 0.6 is 0 Å². The van der Waals surface area contributed by atoms with Gasteiger partial charge in [-0.15, -0.1) is 0 Å². The average Bonchev–Trinajstić information content (AvgIpc) is 2.15. The van der Waals surface area contributed by atoms with Crippen LogP contribution in [0.25, 0.3) is 0 Å². The molecule has 4 heteroatoms. The number of nitrogens with one attached hydrogen (secondary N) is 1. The second kappa shape index (κ2) is 5.76. The fourth-order valence-electron chi connectivity index (χ4n) is 1.11. The smallest absolute Gasteiger partial charge is 0.216 e. The standard InChI is InChI=1S/C12H12FNO2/c1-9(15)14-5-3-2-4-10-6-11(13)8-12(16)7-10/h6-8,16H,3,5H2,1H3,(H,14,15). The molecule has 0 spiro atoms. The number of carbonyl (C=O) groups is 1. The van der Waals surface area contributed by atoms with Crippen molar-refractivity contribution in [2.45, 2.75) is 13.3 Å². The van der Waals surface area contributed by atoms with Gasteiger partial charge in [0, 0.05) is 31.5 Å². The van der Waals surface area contributed by atoms with Gasteiger partial charge in [0.25, 0.3) is 0 Å². The molecule has 84 valence electrons. The van der Waals surface area contributed by atoms with E-state index in [9.17, 15) is 9.18 Å². The Morgan fingerprint density at radius 1 is 1.50 bits per heavy atom. The summed E-state index contributed by atoms with van der Waals surface area (Å²) in [6.45, 7) is 1.89. The molecule has 0 bridgehead atoms. The van der Waals surface area contributed by atoms with Crippen LogP contribution in [-0.2, 0) is 4.79 Å². The number of hydrogen-bond acceptors (Lipinski definition) is 2. The molecule has 0 saturated heterocycles. The molecule has 0 aliphatic rings. The zero-order valence-corrected chi connectivity index (χ0v) is 8.88. The lowest BCUT2D eigenvalue weighted by Gasteiger charge is -1.96. The molecule has 0 heterocycles. The van der Waals surface area contributed by atoms with Crippen molar-refractivity contribution in [1.82, 2.24) is 5.32 Å². The Kier molecular flexibility index (Phi) is 4.34. The summed E-state index contributed by atoms with van der Waals surface area (Å²) in [7, 11) is 0. The number of amides is 1. The third-order valence-corrected chi connectivity index (χ3v) is 1.74. The van der Waals surface area contributed by atoms with Gasteiger partial charge in [0.2, 0.25) is 5.91 Å². The van der Waals surface area contributed by atoms with Gasteiger partial charge in [-0.05, 0) is 12.1 Å². The minimum Gasteiger partial charge on any atom is -0.508 e. The predicted octanol–water partition coefficient (Wildman–Crippen LogP) is 1.41. The van der Waals surface area contributed by atoms with Crippen molar-refractivity contribution < 1.29 is 14.3 Å². The molecule has 1 amide bonds. The maximum Gasteiger partial charge on any atom is 0.216 e. The molecule has 3 nitrogen and oxygen atoms in total. The number of carbonyl (C=O) groups excluding carboxylic acids is 1. The lowest BCUT2D eigenvalue weighted by molar-refractivity contribution is -0.118. The summed E-state index contributed by atoms with van der Waals surface area (Å²) in [6, 6.07) is 3.64. The molecular formula is C12H12FNO2.